The van der Waals surface area contributed by atoms with Gasteiger partial charge in [0.2, 0.25) is 0 Å². The van der Waals surface area contributed by atoms with Crippen LogP contribution in [0.5, 0.6) is 0 Å². The highest BCUT2D eigenvalue weighted by molar-refractivity contribution is 7.59. The molecule has 2 atom stereocenters. The van der Waals surface area contributed by atoms with Gasteiger partial charge in [-0.05, 0) is 34.2 Å². The Morgan fingerprint density at radius 3 is 2.12 bits per heavy atom. The molecular formula is C11H24N2O2S2. The Hall–Kier alpha value is -0.0700. The molecule has 2 aliphatic rings. The second-order valence-electron chi connectivity index (χ2n) is 5.62. The van der Waals surface area contributed by atoms with E-state index in [1.165, 1.54) is 0 Å². The molecule has 0 N–H and O–H groups in total. The molecule has 4 nitrogen and oxygen atoms in total. The SMILES string of the molecule is CN1C[C@@H]2C[C@H]1CN2C(=O)OC(C)(C)C.S.S. The fourth-order valence-corrected chi connectivity index (χ4v) is 2.41. The van der Waals surface area contributed by atoms with Crippen LogP contribution in [-0.4, -0.2) is 53.7 Å². The van der Waals surface area contributed by atoms with Crippen molar-refractivity contribution in [2.75, 3.05) is 20.1 Å². The molecule has 0 spiro atoms. The van der Waals surface area contributed by atoms with Crippen molar-refractivity contribution in [1.82, 2.24) is 9.80 Å². The number of likely N-dealkylation sites (N-methyl/N-ethyl adjacent to an activating group) is 1. The first-order chi connectivity index (χ1) is 6.87. The second kappa shape index (κ2) is 5.71. The normalized spacial score (nSPS) is 27.4. The van der Waals surface area contributed by atoms with Crippen LogP contribution in [0.4, 0.5) is 4.79 Å². The quantitative estimate of drug-likeness (QED) is 0.675. The molecule has 1 amide bonds. The molecule has 0 saturated carbocycles. The lowest BCUT2D eigenvalue weighted by atomic mass is 10.2. The minimum atomic E-state index is -0.384. The highest BCUT2D eigenvalue weighted by atomic mass is 32.1. The standard InChI is InChI=1S/C11H20N2O2.2H2S/c1-11(2,3)15-10(14)13-7-8-5-9(13)6-12(8)4;;/h8-9H,5-7H2,1-4H3;2*1H2/t8-,9-;;/m0../s1. The van der Waals surface area contributed by atoms with E-state index in [4.69, 9.17) is 4.74 Å². The van der Waals surface area contributed by atoms with E-state index in [0.717, 1.165) is 19.5 Å². The van der Waals surface area contributed by atoms with Crippen LogP contribution in [0.3, 0.4) is 0 Å². The lowest BCUT2D eigenvalue weighted by molar-refractivity contribution is 0.0147. The Morgan fingerprint density at radius 1 is 1.18 bits per heavy atom. The van der Waals surface area contributed by atoms with E-state index >= 15 is 0 Å². The summed E-state index contributed by atoms with van der Waals surface area (Å²) in [7, 11) is 2.12. The van der Waals surface area contributed by atoms with Crippen molar-refractivity contribution in [3.8, 4) is 0 Å². The Kier molecular flexibility index (Phi) is 5.69. The van der Waals surface area contributed by atoms with Gasteiger partial charge in [0.05, 0.1) is 0 Å². The first kappa shape index (κ1) is 16.9. The van der Waals surface area contributed by atoms with Gasteiger partial charge < -0.3 is 9.64 Å². The molecular weight excluding hydrogens is 256 g/mol. The number of hydrogen-bond donors (Lipinski definition) is 0. The number of likely N-dealkylation sites (tertiary alicyclic amines) is 2. The summed E-state index contributed by atoms with van der Waals surface area (Å²) in [5.41, 5.74) is -0.384. The van der Waals surface area contributed by atoms with Crippen LogP contribution in [0.2, 0.25) is 0 Å². The molecule has 2 bridgehead atoms. The van der Waals surface area contributed by atoms with Gasteiger partial charge in [-0.3, -0.25) is 4.90 Å². The van der Waals surface area contributed by atoms with Crippen LogP contribution in [0.1, 0.15) is 27.2 Å². The lowest BCUT2D eigenvalue weighted by Crippen LogP contribution is -2.48. The number of fused-ring (bicyclic) bond motifs is 2. The van der Waals surface area contributed by atoms with Crippen LogP contribution >= 0.6 is 27.0 Å². The van der Waals surface area contributed by atoms with Crippen molar-refractivity contribution in [2.24, 2.45) is 0 Å². The predicted molar refractivity (Wildman–Crippen MR) is 78.5 cm³/mol. The van der Waals surface area contributed by atoms with E-state index in [-0.39, 0.29) is 38.7 Å². The zero-order chi connectivity index (χ0) is 11.2. The van der Waals surface area contributed by atoms with Gasteiger partial charge in [0, 0.05) is 25.2 Å². The molecule has 102 valence electrons. The number of piperazine rings is 1. The first-order valence-electron chi connectivity index (χ1n) is 5.57. The Balaban J connectivity index is 0.00000128. The summed E-state index contributed by atoms with van der Waals surface area (Å²) in [5.74, 6) is 0. The minimum absolute atomic E-state index is 0. The van der Waals surface area contributed by atoms with Crippen LogP contribution in [0, 0.1) is 0 Å². The summed E-state index contributed by atoms with van der Waals surface area (Å²) >= 11 is 0. The number of amides is 1. The zero-order valence-corrected chi connectivity index (χ0v) is 13.0. The van der Waals surface area contributed by atoms with E-state index in [1.807, 2.05) is 25.7 Å². The second-order valence-corrected chi connectivity index (χ2v) is 5.62. The molecule has 0 unspecified atom stereocenters. The molecule has 0 aromatic rings. The number of carbonyl (C=O) groups excluding carboxylic acids is 1. The molecule has 0 aromatic carbocycles. The molecule has 2 fully saturated rings. The van der Waals surface area contributed by atoms with Crippen LogP contribution < -0.4 is 0 Å². The van der Waals surface area contributed by atoms with E-state index in [0.29, 0.717) is 12.1 Å². The third-order valence-electron chi connectivity index (χ3n) is 3.14. The minimum Gasteiger partial charge on any atom is -0.444 e. The summed E-state index contributed by atoms with van der Waals surface area (Å²) in [5, 5.41) is 0. The summed E-state index contributed by atoms with van der Waals surface area (Å²) in [6, 6.07) is 0.914. The van der Waals surface area contributed by atoms with Gasteiger partial charge in [-0.2, -0.15) is 27.0 Å². The van der Waals surface area contributed by atoms with E-state index < -0.39 is 0 Å². The van der Waals surface area contributed by atoms with E-state index in [9.17, 15) is 4.79 Å². The van der Waals surface area contributed by atoms with Crippen molar-refractivity contribution in [2.45, 2.75) is 44.9 Å². The predicted octanol–water partition coefficient (Wildman–Crippen LogP) is 1.54. The molecule has 0 aliphatic carbocycles. The molecule has 2 heterocycles. The monoisotopic (exact) mass is 280 g/mol. The third kappa shape index (κ3) is 3.69. The van der Waals surface area contributed by atoms with Gasteiger partial charge in [0.1, 0.15) is 5.60 Å². The number of rotatable bonds is 0. The average Bonchev–Trinajstić information content (AvgIpc) is 2.58. The fraction of sp³-hybridized carbons (Fsp3) is 0.909. The number of nitrogens with zero attached hydrogens (tertiary/aromatic N) is 2. The number of hydrogen-bond acceptors (Lipinski definition) is 3. The summed E-state index contributed by atoms with van der Waals surface area (Å²) in [6.45, 7) is 7.54. The maximum Gasteiger partial charge on any atom is 0.410 e. The highest BCUT2D eigenvalue weighted by Gasteiger charge is 2.44. The van der Waals surface area contributed by atoms with Crippen molar-refractivity contribution in [3.05, 3.63) is 0 Å². The van der Waals surface area contributed by atoms with Crippen LogP contribution in [0.15, 0.2) is 0 Å². The van der Waals surface area contributed by atoms with Gasteiger partial charge >= 0.3 is 6.09 Å². The van der Waals surface area contributed by atoms with E-state index in [1.54, 1.807) is 0 Å². The topological polar surface area (TPSA) is 32.8 Å². The Morgan fingerprint density at radius 2 is 1.76 bits per heavy atom. The molecule has 0 aromatic heterocycles. The Bertz CT molecular complexity index is 279. The maximum absolute atomic E-state index is 11.8. The molecule has 0 radical (unpaired) electrons. The van der Waals surface area contributed by atoms with Crippen molar-refractivity contribution in [3.63, 3.8) is 0 Å². The molecule has 6 heteroatoms. The van der Waals surface area contributed by atoms with Crippen LogP contribution in [0.25, 0.3) is 0 Å². The van der Waals surface area contributed by atoms with Crippen LogP contribution in [-0.2, 0) is 4.74 Å². The smallest absolute Gasteiger partial charge is 0.410 e. The molecule has 17 heavy (non-hydrogen) atoms. The van der Waals surface area contributed by atoms with E-state index in [2.05, 4.69) is 11.9 Å². The Labute approximate surface area is 118 Å². The largest absolute Gasteiger partial charge is 0.444 e. The summed E-state index contributed by atoms with van der Waals surface area (Å²) in [6.07, 6.45) is 0.957. The fourth-order valence-electron chi connectivity index (χ4n) is 2.41. The van der Waals surface area contributed by atoms with Gasteiger partial charge in [-0.1, -0.05) is 0 Å². The lowest BCUT2D eigenvalue weighted by Gasteiger charge is -2.33. The van der Waals surface area contributed by atoms with Gasteiger partial charge in [-0.15, -0.1) is 0 Å². The van der Waals surface area contributed by atoms with Crippen molar-refractivity contribution in [1.29, 1.82) is 0 Å². The zero-order valence-electron chi connectivity index (χ0n) is 11.0. The summed E-state index contributed by atoms with van der Waals surface area (Å²) < 4.78 is 5.38. The van der Waals surface area contributed by atoms with Gasteiger partial charge in [0.25, 0.3) is 0 Å². The summed E-state index contributed by atoms with van der Waals surface area (Å²) in [4.78, 5) is 16.1. The third-order valence-corrected chi connectivity index (χ3v) is 3.14. The number of carbonyl (C=O) groups is 1. The molecule has 2 rings (SSSR count). The molecule has 2 saturated heterocycles. The number of ether oxygens (including phenoxy) is 1. The highest BCUT2D eigenvalue weighted by Crippen LogP contribution is 2.30. The maximum atomic E-state index is 11.8. The first-order valence-corrected chi connectivity index (χ1v) is 5.57. The average molecular weight is 280 g/mol. The van der Waals surface area contributed by atoms with Crippen molar-refractivity contribution < 1.29 is 9.53 Å². The molecule has 2 aliphatic heterocycles. The van der Waals surface area contributed by atoms with Gasteiger partial charge in [-0.25, -0.2) is 4.79 Å². The van der Waals surface area contributed by atoms with Crippen molar-refractivity contribution >= 4 is 33.1 Å². The van der Waals surface area contributed by atoms with Gasteiger partial charge in [0.15, 0.2) is 0 Å².